The van der Waals surface area contributed by atoms with Crippen LogP contribution in [0, 0.1) is 0 Å². The Balaban J connectivity index is 1.78. The molecule has 0 aliphatic carbocycles. The Kier molecular flexibility index (Phi) is 5.79. The quantitative estimate of drug-likeness (QED) is 0.716. The molecule has 2 rings (SSSR count). The van der Waals surface area contributed by atoms with Crippen molar-refractivity contribution in [3.05, 3.63) is 42.2 Å². The summed E-state index contributed by atoms with van der Waals surface area (Å²) in [5.41, 5.74) is 1.26. The number of aromatic nitrogens is 1. The van der Waals surface area contributed by atoms with E-state index >= 15 is 0 Å². The molecule has 1 aromatic heterocycles. The summed E-state index contributed by atoms with van der Waals surface area (Å²) in [7, 11) is 0. The van der Waals surface area contributed by atoms with Gasteiger partial charge in [-0.2, -0.15) is 0 Å². The fourth-order valence-electron chi connectivity index (χ4n) is 2.26. The van der Waals surface area contributed by atoms with Crippen LogP contribution in [0.4, 0.5) is 0 Å². The zero-order valence-corrected chi connectivity index (χ0v) is 11.3. The van der Waals surface area contributed by atoms with E-state index in [9.17, 15) is 0 Å². The van der Waals surface area contributed by atoms with Crippen LogP contribution in [0.5, 0.6) is 0 Å². The number of aliphatic hydroxyl groups is 1. The highest BCUT2D eigenvalue weighted by Gasteiger charge is 2.00. The number of nitrogens with one attached hydrogen (secondary N) is 1. The first-order valence-electron chi connectivity index (χ1n) is 7.05. The number of aliphatic hydroxyl groups excluding tert-OH is 1. The van der Waals surface area contributed by atoms with E-state index in [1.165, 1.54) is 22.8 Å². The van der Waals surface area contributed by atoms with Crippen LogP contribution in [0.3, 0.4) is 0 Å². The number of fused-ring (bicyclic) bond motifs is 1. The van der Waals surface area contributed by atoms with Crippen molar-refractivity contribution in [3.63, 3.8) is 0 Å². The molecule has 19 heavy (non-hydrogen) atoms. The van der Waals surface area contributed by atoms with Crippen molar-refractivity contribution >= 4 is 10.8 Å². The van der Waals surface area contributed by atoms with Crippen LogP contribution in [-0.2, 0) is 6.54 Å². The molecular formula is C16H22N2O. The Bertz CT molecular complexity index is 494. The Morgan fingerprint density at radius 2 is 1.84 bits per heavy atom. The topological polar surface area (TPSA) is 45.1 Å². The molecule has 0 spiro atoms. The first-order valence-corrected chi connectivity index (χ1v) is 7.05. The summed E-state index contributed by atoms with van der Waals surface area (Å²) in [5, 5.41) is 14.6. The van der Waals surface area contributed by atoms with Gasteiger partial charge in [-0.15, -0.1) is 0 Å². The number of benzene rings is 1. The molecule has 3 heteroatoms. The third kappa shape index (κ3) is 4.30. The molecule has 0 saturated carbocycles. The van der Waals surface area contributed by atoms with E-state index in [-0.39, 0.29) is 0 Å². The van der Waals surface area contributed by atoms with Gasteiger partial charge in [0.05, 0.1) is 0 Å². The van der Waals surface area contributed by atoms with Crippen molar-refractivity contribution in [2.45, 2.75) is 32.2 Å². The van der Waals surface area contributed by atoms with E-state index in [0.29, 0.717) is 6.61 Å². The van der Waals surface area contributed by atoms with Gasteiger partial charge in [-0.3, -0.25) is 4.98 Å². The highest BCUT2D eigenvalue weighted by Crippen LogP contribution is 2.16. The van der Waals surface area contributed by atoms with Crippen molar-refractivity contribution in [1.29, 1.82) is 0 Å². The van der Waals surface area contributed by atoms with E-state index in [0.717, 1.165) is 32.4 Å². The predicted octanol–water partition coefficient (Wildman–Crippen LogP) is 2.88. The van der Waals surface area contributed by atoms with Gasteiger partial charge >= 0.3 is 0 Å². The third-order valence-corrected chi connectivity index (χ3v) is 3.33. The second-order valence-corrected chi connectivity index (χ2v) is 4.83. The van der Waals surface area contributed by atoms with Crippen LogP contribution in [0.1, 0.15) is 31.2 Å². The molecule has 0 unspecified atom stereocenters. The average Bonchev–Trinajstić information content (AvgIpc) is 2.46. The summed E-state index contributed by atoms with van der Waals surface area (Å²) in [4.78, 5) is 4.28. The summed E-state index contributed by atoms with van der Waals surface area (Å²) in [6.45, 7) is 2.21. The third-order valence-electron chi connectivity index (χ3n) is 3.33. The monoisotopic (exact) mass is 258 g/mol. The molecule has 1 heterocycles. The number of nitrogens with zero attached hydrogens (tertiary/aromatic N) is 1. The molecule has 0 aliphatic heterocycles. The van der Waals surface area contributed by atoms with E-state index in [1.54, 1.807) is 0 Å². The van der Waals surface area contributed by atoms with Crippen molar-refractivity contribution in [2.75, 3.05) is 13.2 Å². The van der Waals surface area contributed by atoms with Gasteiger partial charge < -0.3 is 10.4 Å². The molecule has 0 fully saturated rings. The van der Waals surface area contributed by atoms with Crippen LogP contribution in [0.25, 0.3) is 10.8 Å². The van der Waals surface area contributed by atoms with Crippen LogP contribution in [-0.4, -0.2) is 23.2 Å². The molecule has 3 nitrogen and oxygen atoms in total. The fourth-order valence-corrected chi connectivity index (χ4v) is 2.26. The van der Waals surface area contributed by atoms with Crippen molar-refractivity contribution in [2.24, 2.45) is 0 Å². The highest BCUT2D eigenvalue weighted by molar-refractivity contribution is 5.84. The van der Waals surface area contributed by atoms with Crippen LogP contribution in [0.2, 0.25) is 0 Å². The minimum Gasteiger partial charge on any atom is -0.396 e. The fraction of sp³-hybridized carbons (Fsp3) is 0.438. The molecule has 0 amide bonds. The Labute approximate surface area is 114 Å². The Hall–Kier alpha value is -1.45. The maximum Gasteiger partial charge on any atom is 0.0431 e. The smallest absolute Gasteiger partial charge is 0.0431 e. The molecule has 0 radical (unpaired) electrons. The predicted molar refractivity (Wildman–Crippen MR) is 79.0 cm³/mol. The molecule has 2 N–H and O–H groups in total. The molecule has 0 aliphatic rings. The lowest BCUT2D eigenvalue weighted by atomic mass is 10.1. The molecule has 1 aromatic carbocycles. The van der Waals surface area contributed by atoms with Crippen molar-refractivity contribution in [3.8, 4) is 0 Å². The van der Waals surface area contributed by atoms with Crippen molar-refractivity contribution in [1.82, 2.24) is 10.3 Å². The molecule has 2 aromatic rings. The number of hydrogen-bond acceptors (Lipinski definition) is 3. The SMILES string of the molecule is OCCCCCCNCc1cncc2ccccc12. The molecule has 102 valence electrons. The molecular weight excluding hydrogens is 236 g/mol. The lowest BCUT2D eigenvalue weighted by molar-refractivity contribution is 0.282. The summed E-state index contributed by atoms with van der Waals surface area (Å²) in [5.74, 6) is 0. The molecule has 0 saturated heterocycles. The van der Waals surface area contributed by atoms with Gasteiger partial charge in [-0.05, 0) is 30.3 Å². The summed E-state index contributed by atoms with van der Waals surface area (Å²) in [6.07, 6.45) is 8.25. The maximum atomic E-state index is 8.70. The average molecular weight is 258 g/mol. The second-order valence-electron chi connectivity index (χ2n) is 4.83. The zero-order chi connectivity index (χ0) is 13.3. The normalized spacial score (nSPS) is 11.0. The van der Waals surface area contributed by atoms with Gasteiger partial charge in [0.15, 0.2) is 0 Å². The standard InChI is InChI=1S/C16H22N2O/c19-10-6-2-1-5-9-17-12-15-13-18-11-14-7-3-4-8-16(14)15/h3-4,7-8,11,13,17,19H,1-2,5-6,9-10,12H2. The minimum absolute atomic E-state index is 0.315. The second kappa shape index (κ2) is 7.87. The van der Waals surface area contributed by atoms with Crippen LogP contribution >= 0.6 is 0 Å². The molecule has 0 atom stereocenters. The number of rotatable bonds is 8. The number of hydrogen-bond donors (Lipinski definition) is 2. The van der Waals surface area contributed by atoms with E-state index in [2.05, 4.69) is 28.5 Å². The summed E-state index contributed by atoms with van der Waals surface area (Å²) < 4.78 is 0. The Morgan fingerprint density at radius 3 is 2.74 bits per heavy atom. The van der Waals surface area contributed by atoms with Crippen LogP contribution < -0.4 is 5.32 Å². The van der Waals surface area contributed by atoms with Gasteiger partial charge in [0.2, 0.25) is 0 Å². The Morgan fingerprint density at radius 1 is 1.00 bits per heavy atom. The van der Waals surface area contributed by atoms with Gasteiger partial charge in [0, 0.05) is 30.9 Å². The van der Waals surface area contributed by atoms with Crippen LogP contribution in [0.15, 0.2) is 36.7 Å². The number of unbranched alkanes of at least 4 members (excludes halogenated alkanes) is 3. The largest absolute Gasteiger partial charge is 0.396 e. The lowest BCUT2D eigenvalue weighted by Gasteiger charge is -2.07. The van der Waals surface area contributed by atoms with Gasteiger partial charge in [-0.25, -0.2) is 0 Å². The van der Waals surface area contributed by atoms with E-state index < -0.39 is 0 Å². The maximum absolute atomic E-state index is 8.70. The first-order chi connectivity index (χ1) is 9.42. The van der Waals surface area contributed by atoms with E-state index in [4.69, 9.17) is 5.11 Å². The van der Waals surface area contributed by atoms with E-state index in [1.807, 2.05) is 18.5 Å². The van der Waals surface area contributed by atoms with Gasteiger partial charge in [0.25, 0.3) is 0 Å². The minimum atomic E-state index is 0.315. The molecule has 0 bridgehead atoms. The lowest BCUT2D eigenvalue weighted by Crippen LogP contribution is -2.15. The summed E-state index contributed by atoms with van der Waals surface area (Å²) in [6, 6.07) is 8.36. The summed E-state index contributed by atoms with van der Waals surface area (Å²) >= 11 is 0. The van der Waals surface area contributed by atoms with Gasteiger partial charge in [-0.1, -0.05) is 37.1 Å². The number of pyridine rings is 1. The first kappa shape index (κ1) is 14.0. The highest BCUT2D eigenvalue weighted by atomic mass is 16.2. The van der Waals surface area contributed by atoms with Crippen molar-refractivity contribution < 1.29 is 5.11 Å². The van der Waals surface area contributed by atoms with Gasteiger partial charge in [0.1, 0.15) is 0 Å². The zero-order valence-electron chi connectivity index (χ0n) is 11.3.